The maximum atomic E-state index is 9.00. The minimum atomic E-state index is -0.833. The molecule has 1 heterocycles. The number of aliphatic carboxylic acids is 1. The zero-order valence-corrected chi connectivity index (χ0v) is 13.2. The van der Waals surface area contributed by atoms with Gasteiger partial charge in [0.05, 0.1) is 0 Å². The highest BCUT2D eigenvalue weighted by atomic mass is 16.4. The molecule has 0 aromatic rings. The molecule has 1 N–H and O–H groups in total. The van der Waals surface area contributed by atoms with Gasteiger partial charge in [0.2, 0.25) is 0 Å². The molecule has 3 heteroatoms. The van der Waals surface area contributed by atoms with E-state index in [1.54, 1.807) is 0 Å². The maximum absolute atomic E-state index is 9.00. The number of carbonyl (C=O) groups is 1. The Bertz CT molecular complexity index is 209. The Morgan fingerprint density at radius 2 is 1.68 bits per heavy atom. The molecule has 0 spiro atoms. The molecular weight excluding hydrogens is 238 g/mol. The Morgan fingerprint density at radius 1 is 1.11 bits per heavy atom. The fraction of sp³-hybridized carbons (Fsp3) is 0.938. The monoisotopic (exact) mass is 271 g/mol. The molecule has 0 aliphatic carbocycles. The summed E-state index contributed by atoms with van der Waals surface area (Å²) in [7, 11) is 0. The summed E-state index contributed by atoms with van der Waals surface area (Å²) in [6, 6.07) is 0.891. The number of nitrogens with zero attached hydrogens (tertiary/aromatic N) is 1. The predicted molar refractivity (Wildman–Crippen MR) is 81.6 cm³/mol. The summed E-state index contributed by atoms with van der Waals surface area (Å²) in [5.74, 6) is -0.833. The van der Waals surface area contributed by atoms with E-state index in [2.05, 4.69) is 18.7 Å². The van der Waals surface area contributed by atoms with Crippen LogP contribution in [0.3, 0.4) is 0 Å². The molecule has 1 rings (SSSR count). The molecule has 0 aromatic carbocycles. The summed E-state index contributed by atoms with van der Waals surface area (Å²) in [6.07, 6.45) is 12.8. The molecule has 19 heavy (non-hydrogen) atoms. The molecule has 1 aliphatic rings. The van der Waals surface area contributed by atoms with Crippen LogP contribution in [-0.2, 0) is 4.79 Å². The van der Waals surface area contributed by atoms with Crippen LogP contribution >= 0.6 is 0 Å². The third-order valence-corrected chi connectivity index (χ3v) is 3.77. The summed E-state index contributed by atoms with van der Waals surface area (Å²) in [5.41, 5.74) is 0. The Hall–Kier alpha value is -0.570. The highest BCUT2D eigenvalue weighted by Gasteiger charge is 2.18. The summed E-state index contributed by atoms with van der Waals surface area (Å²) >= 11 is 0. The number of likely N-dealkylation sites (tertiary alicyclic amines) is 1. The van der Waals surface area contributed by atoms with Crippen molar-refractivity contribution >= 4 is 5.97 Å². The minimum absolute atomic E-state index is 0.833. The third kappa shape index (κ3) is 11.0. The Kier molecular flexibility index (Phi) is 12.1. The van der Waals surface area contributed by atoms with E-state index in [9.17, 15) is 0 Å². The van der Waals surface area contributed by atoms with Crippen molar-refractivity contribution in [1.82, 2.24) is 4.90 Å². The standard InChI is InChI=1S/C14H29N.C2H4O2/c1-3-5-6-8-11-14(4-2)15-12-9-7-10-13-15;1-2(3)4/h14H,3-13H2,1-2H3;1H3,(H,3,4). The molecule has 1 fully saturated rings. The van der Waals surface area contributed by atoms with Crippen molar-refractivity contribution in [1.29, 1.82) is 0 Å². The van der Waals surface area contributed by atoms with Gasteiger partial charge in [0.1, 0.15) is 0 Å². The lowest BCUT2D eigenvalue weighted by Crippen LogP contribution is -2.38. The van der Waals surface area contributed by atoms with Crippen molar-refractivity contribution in [2.45, 2.75) is 84.6 Å². The molecule has 1 unspecified atom stereocenters. The molecule has 114 valence electrons. The van der Waals surface area contributed by atoms with Crippen LogP contribution in [0.2, 0.25) is 0 Å². The molecule has 0 saturated carbocycles. The quantitative estimate of drug-likeness (QED) is 0.701. The number of carboxylic acid groups (broad SMARTS) is 1. The van der Waals surface area contributed by atoms with Gasteiger partial charge in [-0.2, -0.15) is 0 Å². The van der Waals surface area contributed by atoms with Crippen LogP contribution in [0.25, 0.3) is 0 Å². The number of hydrogen-bond acceptors (Lipinski definition) is 2. The SMILES string of the molecule is CC(=O)O.CCCCCCC(CC)N1CCCCC1. The first-order valence-corrected chi connectivity index (χ1v) is 8.05. The van der Waals surface area contributed by atoms with Crippen molar-refractivity contribution in [2.75, 3.05) is 13.1 Å². The molecule has 0 aromatic heterocycles. The second-order valence-corrected chi connectivity index (χ2v) is 5.53. The average molecular weight is 271 g/mol. The summed E-state index contributed by atoms with van der Waals surface area (Å²) in [5, 5.41) is 7.42. The summed E-state index contributed by atoms with van der Waals surface area (Å²) in [4.78, 5) is 11.7. The molecule has 1 atom stereocenters. The van der Waals surface area contributed by atoms with E-state index >= 15 is 0 Å². The van der Waals surface area contributed by atoms with Gasteiger partial charge in [-0.15, -0.1) is 0 Å². The molecule has 0 radical (unpaired) electrons. The molecular formula is C16H33NO2. The maximum Gasteiger partial charge on any atom is 0.300 e. The zero-order valence-electron chi connectivity index (χ0n) is 13.2. The Labute approximate surface area is 119 Å². The highest BCUT2D eigenvalue weighted by Crippen LogP contribution is 2.18. The summed E-state index contributed by atoms with van der Waals surface area (Å²) < 4.78 is 0. The van der Waals surface area contributed by atoms with Crippen molar-refractivity contribution in [3.05, 3.63) is 0 Å². The van der Waals surface area contributed by atoms with Crippen LogP contribution in [0.5, 0.6) is 0 Å². The van der Waals surface area contributed by atoms with E-state index in [1.165, 1.54) is 70.9 Å². The van der Waals surface area contributed by atoms with Crippen molar-refractivity contribution in [3.8, 4) is 0 Å². The smallest absolute Gasteiger partial charge is 0.300 e. The van der Waals surface area contributed by atoms with Gasteiger partial charge in [0, 0.05) is 13.0 Å². The lowest BCUT2D eigenvalue weighted by Gasteiger charge is -2.34. The average Bonchev–Trinajstić information content (AvgIpc) is 2.39. The van der Waals surface area contributed by atoms with E-state index < -0.39 is 5.97 Å². The van der Waals surface area contributed by atoms with Gasteiger partial charge in [-0.05, 0) is 38.8 Å². The largest absolute Gasteiger partial charge is 0.481 e. The molecule has 3 nitrogen and oxygen atoms in total. The summed E-state index contributed by atoms with van der Waals surface area (Å²) in [6.45, 7) is 8.47. The van der Waals surface area contributed by atoms with E-state index in [-0.39, 0.29) is 0 Å². The lowest BCUT2D eigenvalue weighted by molar-refractivity contribution is -0.134. The predicted octanol–water partition coefficient (Wildman–Crippen LogP) is 4.31. The van der Waals surface area contributed by atoms with Gasteiger partial charge < -0.3 is 10.0 Å². The second-order valence-electron chi connectivity index (χ2n) is 5.53. The van der Waals surface area contributed by atoms with Crippen LogP contribution in [-0.4, -0.2) is 35.1 Å². The van der Waals surface area contributed by atoms with Crippen LogP contribution < -0.4 is 0 Å². The Balaban J connectivity index is 0.000000711. The molecule has 1 aliphatic heterocycles. The van der Waals surface area contributed by atoms with Crippen molar-refractivity contribution in [2.24, 2.45) is 0 Å². The van der Waals surface area contributed by atoms with Gasteiger partial charge in [-0.25, -0.2) is 0 Å². The van der Waals surface area contributed by atoms with Crippen LogP contribution in [0.15, 0.2) is 0 Å². The van der Waals surface area contributed by atoms with E-state index in [0.717, 1.165) is 13.0 Å². The highest BCUT2D eigenvalue weighted by molar-refractivity contribution is 5.62. The van der Waals surface area contributed by atoms with Crippen LogP contribution in [0.1, 0.15) is 78.6 Å². The first kappa shape index (κ1) is 18.4. The number of hydrogen-bond donors (Lipinski definition) is 1. The van der Waals surface area contributed by atoms with Gasteiger partial charge in [0.25, 0.3) is 5.97 Å². The molecule has 0 amide bonds. The Morgan fingerprint density at radius 3 is 2.16 bits per heavy atom. The normalized spacial score (nSPS) is 17.4. The van der Waals surface area contributed by atoms with Gasteiger partial charge in [0.15, 0.2) is 0 Å². The van der Waals surface area contributed by atoms with Crippen LogP contribution in [0.4, 0.5) is 0 Å². The third-order valence-electron chi connectivity index (χ3n) is 3.77. The second kappa shape index (κ2) is 12.5. The fourth-order valence-electron chi connectivity index (χ4n) is 2.74. The van der Waals surface area contributed by atoms with Gasteiger partial charge in [-0.1, -0.05) is 46.0 Å². The number of rotatable bonds is 7. The molecule has 0 bridgehead atoms. The van der Waals surface area contributed by atoms with Crippen molar-refractivity contribution < 1.29 is 9.90 Å². The lowest BCUT2D eigenvalue weighted by atomic mass is 10.0. The van der Waals surface area contributed by atoms with Crippen molar-refractivity contribution in [3.63, 3.8) is 0 Å². The number of unbranched alkanes of at least 4 members (excludes halogenated alkanes) is 3. The minimum Gasteiger partial charge on any atom is -0.481 e. The van der Waals surface area contributed by atoms with Crippen LogP contribution in [0, 0.1) is 0 Å². The number of piperidine rings is 1. The number of carboxylic acids is 1. The van der Waals surface area contributed by atoms with E-state index in [4.69, 9.17) is 9.90 Å². The van der Waals surface area contributed by atoms with E-state index in [0.29, 0.717) is 0 Å². The van der Waals surface area contributed by atoms with Gasteiger partial charge in [-0.3, -0.25) is 4.79 Å². The fourth-order valence-corrected chi connectivity index (χ4v) is 2.74. The first-order valence-electron chi connectivity index (χ1n) is 8.05. The molecule has 1 saturated heterocycles. The first-order chi connectivity index (χ1) is 9.11. The zero-order chi connectivity index (χ0) is 14.5. The van der Waals surface area contributed by atoms with Gasteiger partial charge >= 0.3 is 0 Å². The topological polar surface area (TPSA) is 40.5 Å². The van der Waals surface area contributed by atoms with E-state index in [1.807, 2.05) is 0 Å².